The molecule has 2 heterocycles. The molecular weight excluding hydrogens is 274 g/mol. The fourth-order valence-electron chi connectivity index (χ4n) is 2.52. The highest BCUT2D eigenvalue weighted by atomic mass is 35.5. The Bertz CT molecular complexity index is 689. The maximum atomic E-state index is 6.11. The van der Waals surface area contributed by atoms with E-state index < -0.39 is 0 Å². The molecule has 0 bridgehead atoms. The van der Waals surface area contributed by atoms with Crippen molar-refractivity contribution in [2.75, 3.05) is 0 Å². The molecule has 1 N–H and O–H groups in total. The van der Waals surface area contributed by atoms with Gasteiger partial charge in [-0.2, -0.15) is 0 Å². The highest BCUT2D eigenvalue weighted by Gasteiger charge is 2.26. The van der Waals surface area contributed by atoms with Crippen LogP contribution in [0.1, 0.15) is 31.2 Å². The van der Waals surface area contributed by atoms with E-state index in [1.54, 1.807) is 0 Å². The van der Waals surface area contributed by atoms with Gasteiger partial charge >= 0.3 is 0 Å². The largest absolute Gasteiger partial charge is 0.424 e. The summed E-state index contributed by atoms with van der Waals surface area (Å²) in [5.74, 6) is 0.583. The number of hydrogen-bond acceptors (Lipinski definition) is 4. The van der Waals surface area contributed by atoms with Crippen LogP contribution in [0.25, 0.3) is 5.57 Å². The number of halogens is 1. The van der Waals surface area contributed by atoms with Gasteiger partial charge in [0.2, 0.25) is 12.3 Å². The number of benzene rings is 1. The third-order valence-electron chi connectivity index (χ3n) is 3.31. The quantitative estimate of drug-likeness (QED) is 0.914. The average Bonchev–Trinajstić information content (AvgIpc) is 2.91. The summed E-state index contributed by atoms with van der Waals surface area (Å²) in [7, 11) is 0. The van der Waals surface area contributed by atoms with Crippen LogP contribution in [0, 0.1) is 0 Å². The predicted octanol–water partition coefficient (Wildman–Crippen LogP) is 3.74. The van der Waals surface area contributed by atoms with Gasteiger partial charge in [0.25, 0.3) is 0 Å². The fraction of sp³-hybridized carbons (Fsp3) is 0.200. The van der Waals surface area contributed by atoms with E-state index >= 15 is 0 Å². The Kier molecular flexibility index (Phi) is 3.32. The lowest BCUT2D eigenvalue weighted by atomic mass is 9.87. The first-order valence-electron chi connectivity index (χ1n) is 6.33. The van der Waals surface area contributed by atoms with Gasteiger partial charge in [-0.05, 0) is 31.5 Å². The molecule has 0 saturated heterocycles. The Balaban J connectivity index is 2.12. The van der Waals surface area contributed by atoms with Crippen LogP contribution in [0.2, 0.25) is 5.02 Å². The standard InChI is InChI=1S/C15H14ClN3O/c1-9-6-13(11-4-3-5-12(16)7-11)14(10(2)18-9)15-19-17-8-20-15/h3-8,13,18H,1-2H3. The molecule has 102 valence electrons. The summed E-state index contributed by atoms with van der Waals surface area (Å²) in [6.07, 6.45) is 3.48. The zero-order valence-electron chi connectivity index (χ0n) is 11.2. The first-order chi connectivity index (χ1) is 9.65. The Morgan fingerprint density at radius 3 is 2.85 bits per heavy atom. The van der Waals surface area contributed by atoms with Crippen molar-refractivity contribution in [3.05, 3.63) is 64.6 Å². The predicted molar refractivity (Wildman–Crippen MR) is 78.0 cm³/mol. The summed E-state index contributed by atoms with van der Waals surface area (Å²) in [4.78, 5) is 0. The van der Waals surface area contributed by atoms with Crippen molar-refractivity contribution in [3.63, 3.8) is 0 Å². The Hall–Kier alpha value is -2.07. The van der Waals surface area contributed by atoms with E-state index in [-0.39, 0.29) is 5.92 Å². The smallest absolute Gasteiger partial charge is 0.246 e. The van der Waals surface area contributed by atoms with E-state index in [9.17, 15) is 0 Å². The topological polar surface area (TPSA) is 51.0 Å². The van der Waals surface area contributed by atoms with Crippen LogP contribution in [0.4, 0.5) is 0 Å². The van der Waals surface area contributed by atoms with Crippen LogP contribution in [0.3, 0.4) is 0 Å². The van der Waals surface area contributed by atoms with Crippen molar-refractivity contribution in [1.82, 2.24) is 15.5 Å². The SMILES string of the molecule is CC1=CC(c2cccc(Cl)c2)C(c2nnco2)=C(C)N1. The first kappa shape index (κ1) is 12.9. The minimum absolute atomic E-state index is 0.0513. The van der Waals surface area contributed by atoms with E-state index in [1.807, 2.05) is 32.0 Å². The second-order valence-electron chi connectivity index (χ2n) is 4.79. The summed E-state index contributed by atoms with van der Waals surface area (Å²) in [5.41, 5.74) is 4.19. The number of dihydropyridines is 1. The highest BCUT2D eigenvalue weighted by molar-refractivity contribution is 6.30. The molecule has 1 unspecified atom stereocenters. The third-order valence-corrected chi connectivity index (χ3v) is 3.55. The lowest BCUT2D eigenvalue weighted by Gasteiger charge is -2.25. The van der Waals surface area contributed by atoms with E-state index in [4.69, 9.17) is 16.0 Å². The molecule has 0 spiro atoms. The van der Waals surface area contributed by atoms with Crippen LogP contribution < -0.4 is 5.32 Å². The Morgan fingerprint density at radius 1 is 1.30 bits per heavy atom. The van der Waals surface area contributed by atoms with Gasteiger partial charge in [0.05, 0.1) is 0 Å². The van der Waals surface area contributed by atoms with Gasteiger partial charge in [0.15, 0.2) is 0 Å². The number of hydrogen-bond donors (Lipinski definition) is 1. The van der Waals surface area contributed by atoms with E-state index in [1.165, 1.54) is 6.39 Å². The van der Waals surface area contributed by atoms with Gasteiger partial charge < -0.3 is 9.73 Å². The molecule has 0 fully saturated rings. The van der Waals surface area contributed by atoms with Gasteiger partial charge in [-0.15, -0.1) is 10.2 Å². The maximum absolute atomic E-state index is 6.11. The first-order valence-corrected chi connectivity index (χ1v) is 6.71. The highest BCUT2D eigenvalue weighted by Crippen LogP contribution is 2.38. The number of aromatic nitrogens is 2. The number of rotatable bonds is 2. The zero-order valence-corrected chi connectivity index (χ0v) is 12.0. The van der Waals surface area contributed by atoms with Crippen LogP contribution in [-0.4, -0.2) is 10.2 Å². The third kappa shape index (κ3) is 2.34. The Morgan fingerprint density at radius 2 is 2.15 bits per heavy atom. The van der Waals surface area contributed by atoms with Crippen LogP contribution in [-0.2, 0) is 0 Å². The lowest BCUT2D eigenvalue weighted by molar-refractivity contribution is 0.532. The molecule has 0 radical (unpaired) electrons. The molecule has 0 saturated carbocycles. The van der Waals surface area contributed by atoms with Gasteiger partial charge in [0, 0.05) is 27.9 Å². The molecule has 1 aliphatic rings. The zero-order chi connectivity index (χ0) is 14.1. The van der Waals surface area contributed by atoms with Gasteiger partial charge in [-0.25, -0.2) is 0 Å². The van der Waals surface area contributed by atoms with Crippen molar-refractivity contribution in [2.24, 2.45) is 0 Å². The molecule has 0 amide bonds. The van der Waals surface area contributed by atoms with Crippen molar-refractivity contribution in [3.8, 4) is 0 Å². The Labute approximate surface area is 122 Å². The van der Waals surface area contributed by atoms with E-state index in [0.29, 0.717) is 5.89 Å². The van der Waals surface area contributed by atoms with Gasteiger partial charge in [-0.3, -0.25) is 0 Å². The minimum Gasteiger partial charge on any atom is -0.424 e. The monoisotopic (exact) mass is 287 g/mol. The van der Waals surface area contributed by atoms with Crippen LogP contribution in [0.5, 0.6) is 0 Å². The molecule has 3 rings (SSSR count). The average molecular weight is 288 g/mol. The number of nitrogens with one attached hydrogen (secondary N) is 1. The summed E-state index contributed by atoms with van der Waals surface area (Å²) in [5, 5.41) is 11.8. The molecular formula is C15H14ClN3O. The molecule has 5 heteroatoms. The van der Waals surface area contributed by atoms with Crippen molar-refractivity contribution in [2.45, 2.75) is 19.8 Å². The van der Waals surface area contributed by atoms with Crippen LogP contribution >= 0.6 is 11.6 Å². The van der Waals surface area contributed by atoms with Gasteiger partial charge in [-0.1, -0.05) is 29.8 Å². The number of allylic oxidation sites excluding steroid dienone is 4. The number of nitrogens with zero attached hydrogens (tertiary/aromatic N) is 2. The van der Waals surface area contributed by atoms with Crippen LogP contribution in [0.15, 0.2) is 52.5 Å². The summed E-state index contributed by atoms with van der Waals surface area (Å²) < 4.78 is 5.38. The molecule has 1 aromatic heterocycles. The molecule has 20 heavy (non-hydrogen) atoms. The van der Waals surface area contributed by atoms with Gasteiger partial charge in [0.1, 0.15) is 0 Å². The van der Waals surface area contributed by atoms with E-state index in [2.05, 4.69) is 27.7 Å². The van der Waals surface area contributed by atoms with Crippen molar-refractivity contribution < 1.29 is 4.42 Å². The maximum Gasteiger partial charge on any atom is 0.246 e. The molecule has 0 aliphatic carbocycles. The second kappa shape index (κ2) is 5.13. The lowest BCUT2D eigenvalue weighted by Crippen LogP contribution is -2.19. The summed E-state index contributed by atoms with van der Waals surface area (Å²) in [6, 6.07) is 7.83. The molecule has 1 atom stereocenters. The molecule has 1 aromatic carbocycles. The molecule has 4 nitrogen and oxygen atoms in total. The fourth-order valence-corrected chi connectivity index (χ4v) is 2.72. The minimum atomic E-state index is 0.0513. The molecule has 1 aliphatic heterocycles. The summed E-state index contributed by atoms with van der Waals surface area (Å²) in [6.45, 7) is 4.04. The molecule has 2 aromatic rings. The van der Waals surface area contributed by atoms with E-state index in [0.717, 1.165) is 27.6 Å². The van der Waals surface area contributed by atoms with Crippen molar-refractivity contribution in [1.29, 1.82) is 0 Å². The normalized spacial score (nSPS) is 18.8. The van der Waals surface area contributed by atoms with Crippen molar-refractivity contribution >= 4 is 17.2 Å². The second-order valence-corrected chi connectivity index (χ2v) is 5.23. The summed E-state index contributed by atoms with van der Waals surface area (Å²) >= 11 is 6.11.